The van der Waals surface area contributed by atoms with Crippen LogP contribution in [0.1, 0.15) is 45.9 Å². The molecule has 2 N–H and O–H groups in total. The Hall–Kier alpha value is -1.72. The molecule has 1 amide bonds. The molecule has 106 valence electrons. The molecule has 1 aliphatic rings. The molecule has 19 heavy (non-hydrogen) atoms. The highest BCUT2D eigenvalue weighted by molar-refractivity contribution is 5.72. The van der Waals surface area contributed by atoms with Crippen molar-refractivity contribution in [2.45, 2.75) is 52.3 Å². The van der Waals surface area contributed by atoms with Crippen LogP contribution in [0.3, 0.4) is 0 Å². The lowest BCUT2D eigenvalue weighted by Gasteiger charge is -2.33. The maximum Gasteiger partial charge on any atom is 0.411 e. The fraction of sp³-hybridized carbons (Fsp3) is 0.692. The van der Waals surface area contributed by atoms with Gasteiger partial charge in [-0.25, -0.2) is 4.79 Å². The summed E-state index contributed by atoms with van der Waals surface area (Å²) in [5.41, 5.74) is 6.73. The topological polar surface area (TPSA) is 73.4 Å². The highest BCUT2D eigenvalue weighted by Gasteiger charge is 2.45. The molecule has 0 saturated heterocycles. The molecule has 1 aliphatic heterocycles. The van der Waals surface area contributed by atoms with Crippen LogP contribution in [0.2, 0.25) is 0 Å². The van der Waals surface area contributed by atoms with E-state index in [1.54, 1.807) is 9.58 Å². The van der Waals surface area contributed by atoms with Crippen LogP contribution in [-0.2, 0) is 23.9 Å². The number of amides is 1. The zero-order valence-corrected chi connectivity index (χ0v) is 12.4. The van der Waals surface area contributed by atoms with Crippen LogP contribution in [0.15, 0.2) is 0 Å². The molecular weight excluding hydrogens is 244 g/mol. The predicted molar refractivity (Wildman–Crippen MR) is 72.4 cm³/mol. The minimum atomic E-state index is -0.511. The summed E-state index contributed by atoms with van der Waals surface area (Å²) in [7, 11) is 1.81. The van der Waals surface area contributed by atoms with E-state index in [2.05, 4.69) is 5.10 Å². The molecule has 0 radical (unpaired) electrons. The summed E-state index contributed by atoms with van der Waals surface area (Å²) in [6.45, 7) is 9.91. The second-order valence-electron chi connectivity index (χ2n) is 6.46. The Balaban J connectivity index is 2.31. The molecule has 0 saturated carbocycles. The van der Waals surface area contributed by atoms with E-state index in [4.69, 9.17) is 10.5 Å². The van der Waals surface area contributed by atoms with Crippen molar-refractivity contribution in [1.82, 2.24) is 14.7 Å². The minimum absolute atomic E-state index is 0.336. The number of aromatic nitrogens is 2. The predicted octanol–water partition coefficient (Wildman–Crippen LogP) is 1.99. The van der Waals surface area contributed by atoms with E-state index >= 15 is 0 Å². The summed E-state index contributed by atoms with van der Waals surface area (Å²) in [4.78, 5) is 13.9. The van der Waals surface area contributed by atoms with Crippen LogP contribution in [0.5, 0.6) is 0 Å². The van der Waals surface area contributed by atoms with E-state index in [1.165, 1.54) is 0 Å². The van der Waals surface area contributed by atoms with E-state index < -0.39 is 11.1 Å². The summed E-state index contributed by atoms with van der Waals surface area (Å²) in [6, 6.07) is 0. The molecule has 0 aliphatic carbocycles. The van der Waals surface area contributed by atoms with Gasteiger partial charge in [-0.2, -0.15) is 5.10 Å². The lowest BCUT2D eigenvalue weighted by molar-refractivity contribution is 0.00439. The molecule has 0 aromatic carbocycles. The number of aryl methyl sites for hydroxylation is 1. The first-order valence-electron chi connectivity index (χ1n) is 6.36. The van der Waals surface area contributed by atoms with Gasteiger partial charge in [0.25, 0.3) is 0 Å². The minimum Gasteiger partial charge on any atom is -0.444 e. The molecular formula is C13H22N4O2. The van der Waals surface area contributed by atoms with Gasteiger partial charge in [0, 0.05) is 12.6 Å². The van der Waals surface area contributed by atoms with Crippen molar-refractivity contribution < 1.29 is 9.53 Å². The van der Waals surface area contributed by atoms with Gasteiger partial charge in [0.05, 0.1) is 17.8 Å². The van der Waals surface area contributed by atoms with Crippen molar-refractivity contribution in [1.29, 1.82) is 0 Å². The Morgan fingerprint density at radius 1 is 1.42 bits per heavy atom. The maximum atomic E-state index is 12.3. The highest BCUT2D eigenvalue weighted by Crippen LogP contribution is 2.40. The van der Waals surface area contributed by atoms with Crippen LogP contribution in [0.25, 0.3) is 0 Å². The lowest BCUT2D eigenvalue weighted by Crippen LogP contribution is -2.43. The monoisotopic (exact) mass is 266 g/mol. The van der Waals surface area contributed by atoms with Crippen molar-refractivity contribution in [3.63, 3.8) is 0 Å². The van der Waals surface area contributed by atoms with Crippen molar-refractivity contribution in [3.05, 3.63) is 11.3 Å². The Labute approximate surface area is 113 Å². The number of carbonyl (C=O) groups excluding carboxylic acids is 1. The van der Waals surface area contributed by atoms with Crippen molar-refractivity contribution in [3.8, 4) is 0 Å². The fourth-order valence-corrected chi connectivity index (χ4v) is 2.32. The number of nitrogens with two attached hydrogens (primary N) is 1. The molecule has 0 unspecified atom stereocenters. The number of ether oxygens (including phenoxy) is 1. The van der Waals surface area contributed by atoms with Crippen molar-refractivity contribution in [2.24, 2.45) is 7.05 Å². The molecule has 1 aromatic rings. The van der Waals surface area contributed by atoms with Gasteiger partial charge >= 0.3 is 6.09 Å². The van der Waals surface area contributed by atoms with E-state index in [1.807, 2.05) is 41.7 Å². The number of anilines is 1. The molecule has 2 heterocycles. The van der Waals surface area contributed by atoms with Gasteiger partial charge < -0.3 is 10.5 Å². The lowest BCUT2D eigenvalue weighted by atomic mass is 10.0. The van der Waals surface area contributed by atoms with E-state index in [0.717, 1.165) is 11.3 Å². The first kappa shape index (κ1) is 13.7. The largest absolute Gasteiger partial charge is 0.444 e. The quantitative estimate of drug-likeness (QED) is 0.779. The second-order valence-corrected chi connectivity index (χ2v) is 6.46. The third kappa shape index (κ3) is 2.15. The average Bonchev–Trinajstić information content (AvgIpc) is 2.63. The number of fused-ring (bicyclic) bond motifs is 1. The van der Waals surface area contributed by atoms with E-state index in [-0.39, 0.29) is 6.09 Å². The van der Waals surface area contributed by atoms with E-state index in [0.29, 0.717) is 12.4 Å². The summed E-state index contributed by atoms with van der Waals surface area (Å²) in [5, 5.41) is 4.41. The fourth-order valence-electron chi connectivity index (χ4n) is 2.32. The van der Waals surface area contributed by atoms with Gasteiger partial charge in [-0.3, -0.25) is 9.58 Å². The molecule has 0 spiro atoms. The van der Waals surface area contributed by atoms with Gasteiger partial charge in [-0.15, -0.1) is 0 Å². The number of hydrogen-bond acceptors (Lipinski definition) is 4. The summed E-state index contributed by atoms with van der Waals surface area (Å²) in [5.74, 6) is 0.606. The van der Waals surface area contributed by atoms with Crippen LogP contribution in [0, 0.1) is 0 Å². The van der Waals surface area contributed by atoms with Gasteiger partial charge in [-0.05, 0) is 34.6 Å². The smallest absolute Gasteiger partial charge is 0.411 e. The first-order chi connectivity index (χ1) is 8.54. The SMILES string of the molecule is Cn1nc2c(c1N)CN(C(=O)OC(C)(C)C)C2(C)C. The number of carbonyl (C=O) groups is 1. The van der Waals surface area contributed by atoms with Crippen LogP contribution >= 0.6 is 0 Å². The third-order valence-corrected chi connectivity index (χ3v) is 3.38. The molecule has 2 rings (SSSR count). The normalized spacial score (nSPS) is 17.5. The number of rotatable bonds is 0. The number of nitrogen functional groups attached to an aromatic ring is 1. The Morgan fingerprint density at radius 3 is 2.47 bits per heavy atom. The Morgan fingerprint density at radius 2 is 2.00 bits per heavy atom. The van der Waals surface area contributed by atoms with Crippen molar-refractivity contribution in [2.75, 3.05) is 5.73 Å². The molecule has 0 fully saturated rings. The molecule has 0 bridgehead atoms. The standard InChI is InChI=1S/C13H22N4O2/c1-12(2,3)19-11(18)17-7-8-9(13(17,4)5)15-16(6)10(8)14/h7,14H2,1-6H3. The van der Waals surface area contributed by atoms with E-state index in [9.17, 15) is 4.79 Å². The van der Waals surface area contributed by atoms with Gasteiger partial charge in [0.2, 0.25) is 0 Å². The number of nitrogens with zero attached hydrogens (tertiary/aromatic N) is 3. The maximum absolute atomic E-state index is 12.3. The molecule has 0 atom stereocenters. The second kappa shape index (κ2) is 3.88. The number of hydrogen-bond donors (Lipinski definition) is 1. The molecule has 1 aromatic heterocycles. The Kier molecular flexibility index (Phi) is 2.80. The summed E-state index contributed by atoms with van der Waals surface area (Å²) < 4.78 is 7.09. The van der Waals surface area contributed by atoms with Crippen molar-refractivity contribution >= 4 is 11.9 Å². The average molecular weight is 266 g/mol. The molecule has 6 heteroatoms. The zero-order chi connectivity index (χ0) is 14.6. The molecule has 6 nitrogen and oxygen atoms in total. The first-order valence-corrected chi connectivity index (χ1v) is 6.36. The summed E-state index contributed by atoms with van der Waals surface area (Å²) >= 11 is 0. The zero-order valence-electron chi connectivity index (χ0n) is 12.4. The van der Waals surface area contributed by atoms with Crippen LogP contribution < -0.4 is 5.73 Å². The van der Waals surface area contributed by atoms with Gasteiger partial charge in [-0.1, -0.05) is 0 Å². The van der Waals surface area contributed by atoms with Gasteiger partial charge in [0.15, 0.2) is 0 Å². The third-order valence-electron chi connectivity index (χ3n) is 3.38. The highest BCUT2D eigenvalue weighted by atomic mass is 16.6. The Bertz CT molecular complexity index is 525. The van der Waals surface area contributed by atoms with Crippen LogP contribution in [0.4, 0.5) is 10.6 Å². The van der Waals surface area contributed by atoms with Gasteiger partial charge in [0.1, 0.15) is 11.4 Å². The van der Waals surface area contributed by atoms with Crippen LogP contribution in [-0.4, -0.2) is 26.4 Å². The summed E-state index contributed by atoms with van der Waals surface area (Å²) in [6.07, 6.45) is -0.336.